The number of nitro benzene ring substituents is 1. The number of hydrogen-bond acceptors (Lipinski definition) is 4. The summed E-state index contributed by atoms with van der Waals surface area (Å²) >= 11 is 0. The van der Waals surface area contributed by atoms with Crippen LogP contribution in [0.15, 0.2) is 18.2 Å². The normalized spacial score (nSPS) is 13.4. The van der Waals surface area contributed by atoms with Crippen LogP contribution in [0.1, 0.15) is 12.5 Å². The largest absolute Gasteiger partial charge is 0.475 e. The molecule has 0 bridgehead atoms. The number of rotatable bonds is 4. The molecule has 0 aliphatic carbocycles. The van der Waals surface area contributed by atoms with Crippen molar-refractivity contribution in [1.29, 1.82) is 0 Å². The lowest BCUT2D eigenvalue weighted by Gasteiger charge is -2.23. The van der Waals surface area contributed by atoms with E-state index in [9.17, 15) is 23.3 Å². The molecule has 1 atom stereocenters. The third-order valence-electron chi connectivity index (χ3n) is 2.51. The van der Waals surface area contributed by atoms with Gasteiger partial charge in [-0.25, -0.2) is 0 Å². The van der Waals surface area contributed by atoms with Crippen LogP contribution in [-0.2, 0) is 6.18 Å². The number of hydrogen-bond donors (Lipinski definition) is 0. The molecule has 0 spiro atoms. The van der Waals surface area contributed by atoms with Gasteiger partial charge >= 0.3 is 6.18 Å². The zero-order valence-corrected chi connectivity index (χ0v) is 10.6. The van der Waals surface area contributed by atoms with Crippen molar-refractivity contribution in [2.24, 2.45) is 0 Å². The van der Waals surface area contributed by atoms with Gasteiger partial charge in [-0.1, -0.05) is 6.07 Å². The monoisotopic (exact) mass is 278 g/mol. The average molecular weight is 278 g/mol. The number of nitro groups is 1. The Balaban J connectivity index is 3.32. The van der Waals surface area contributed by atoms with E-state index in [-0.39, 0.29) is 0 Å². The lowest BCUT2D eigenvalue weighted by Crippen LogP contribution is -2.31. The van der Waals surface area contributed by atoms with Crippen LogP contribution in [0.4, 0.5) is 18.9 Å². The van der Waals surface area contributed by atoms with E-state index in [1.165, 1.54) is 0 Å². The molecule has 8 heteroatoms. The van der Waals surface area contributed by atoms with E-state index in [1.54, 1.807) is 25.9 Å². The molecule has 0 fully saturated rings. The predicted octanol–water partition coefficient (Wildman–Crippen LogP) is 2.90. The molecule has 1 aromatic carbocycles. The first-order valence-corrected chi connectivity index (χ1v) is 5.32. The maximum absolute atomic E-state index is 12.9. The van der Waals surface area contributed by atoms with Gasteiger partial charge in [0.2, 0.25) is 0 Å². The van der Waals surface area contributed by atoms with Crippen LogP contribution in [0.3, 0.4) is 0 Å². The van der Waals surface area contributed by atoms with Gasteiger partial charge in [-0.15, -0.1) is 0 Å². The quantitative estimate of drug-likeness (QED) is 0.483. The summed E-state index contributed by atoms with van der Waals surface area (Å²) in [6, 6.07) is 3.02. The Kier molecular flexibility index (Phi) is 4.35. The van der Waals surface area contributed by atoms with Crippen LogP contribution in [-0.4, -0.2) is 30.1 Å². The Bertz CT molecular complexity index is 475. The molecule has 1 unspecified atom stereocenters. The van der Waals surface area contributed by atoms with Crippen LogP contribution in [0.2, 0.25) is 0 Å². The highest BCUT2D eigenvalue weighted by molar-refractivity contribution is 5.51. The summed E-state index contributed by atoms with van der Waals surface area (Å²) in [4.78, 5) is 11.1. The van der Waals surface area contributed by atoms with Crippen molar-refractivity contribution in [2.75, 3.05) is 14.1 Å². The van der Waals surface area contributed by atoms with Gasteiger partial charge in [-0.05, 0) is 27.1 Å². The summed E-state index contributed by atoms with van der Waals surface area (Å²) < 4.78 is 43.9. The molecule has 106 valence electrons. The number of halogens is 3. The zero-order valence-electron chi connectivity index (χ0n) is 10.6. The third kappa shape index (κ3) is 3.57. The van der Waals surface area contributed by atoms with E-state index in [1.807, 2.05) is 0 Å². The highest BCUT2D eigenvalue weighted by atomic mass is 19.4. The summed E-state index contributed by atoms with van der Waals surface area (Å²) in [6.45, 7) is 1.54. The molecule has 0 aliphatic rings. The highest BCUT2D eigenvalue weighted by Gasteiger charge is 2.42. The number of nitrogens with zero attached hydrogens (tertiary/aromatic N) is 2. The van der Waals surface area contributed by atoms with Crippen LogP contribution >= 0.6 is 0 Å². The lowest BCUT2D eigenvalue weighted by atomic mass is 10.1. The summed E-state index contributed by atoms with van der Waals surface area (Å²) in [7, 11) is 3.24. The minimum atomic E-state index is -4.86. The van der Waals surface area contributed by atoms with Crippen LogP contribution in [0.25, 0.3) is 0 Å². The van der Waals surface area contributed by atoms with Crippen molar-refractivity contribution in [1.82, 2.24) is 4.90 Å². The van der Waals surface area contributed by atoms with Gasteiger partial charge in [-0.3, -0.25) is 15.0 Å². The van der Waals surface area contributed by atoms with E-state index in [4.69, 9.17) is 4.74 Å². The van der Waals surface area contributed by atoms with Gasteiger partial charge in [0.1, 0.15) is 12.0 Å². The zero-order chi connectivity index (χ0) is 14.8. The second kappa shape index (κ2) is 5.43. The Hall–Kier alpha value is -1.83. The number of benzene rings is 1. The van der Waals surface area contributed by atoms with Crippen LogP contribution in [0, 0.1) is 10.1 Å². The molecular formula is C11H13F3N2O3. The smallest absolute Gasteiger partial charge is 0.426 e. The maximum atomic E-state index is 12.9. The number of ether oxygens (including phenoxy) is 1. The van der Waals surface area contributed by atoms with Gasteiger partial charge in [0.25, 0.3) is 5.69 Å². The van der Waals surface area contributed by atoms with E-state index in [2.05, 4.69) is 0 Å². The average Bonchev–Trinajstić information content (AvgIpc) is 2.26. The topological polar surface area (TPSA) is 55.6 Å². The Morgan fingerprint density at radius 3 is 2.37 bits per heavy atom. The second-order valence-corrected chi connectivity index (χ2v) is 4.09. The summed E-state index contributed by atoms with van der Waals surface area (Å²) in [5.41, 5.74) is -2.38. The number of alkyl halides is 3. The van der Waals surface area contributed by atoms with Gasteiger partial charge in [0.05, 0.1) is 4.92 Å². The van der Waals surface area contributed by atoms with Crippen molar-refractivity contribution in [2.45, 2.75) is 19.3 Å². The van der Waals surface area contributed by atoms with Gasteiger partial charge in [-0.2, -0.15) is 13.2 Å². The summed E-state index contributed by atoms with van der Waals surface area (Å²) in [6.07, 6.45) is -5.51. The van der Waals surface area contributed by atoms with Crippen molar-refractivity contribution in [3.8, 4) is 5.75 Å². The molecule has 0 aromatic heterocycles. The first-order chi connectivity index (χ1) is 8.64. The molecule has 0 amide bonds. The molecule has 0 radical (unpaired) electrons. The maximum Gasteiger partial charge on any atom is 0.426 e. The minimum absolute atomic E-state index is 0.553. The first-order valence-electron chi connectivity index (χ1n) is 5.32. The molecular weight excluding hydrogens is 265 g/mol. The fourth-order valence-electron chi connectivity index (χ4n) is 1.34. The van der Waals surface area contributed by atoms with Crippen molar-refractivity contribution in [3.05, 3.63) is 33.9 Å². The van der Waals surface area contributed by atoms with Crippen LogP contribution in [0.5, 0.6) is 5.75 Å². The Morgan fingerprint density at radius 2 is 1.95 bits per heavy atom. The molecule has 1 rings (SSSR count). The Morgan fingerprint density at radius 1 is 1.37 bits per heavy atom. The molecule has 0 heterocycles. The van der Waals surface area contributed by atoms with Gasteiger partial charge in [0, 0.05) is 6.07 Å². The molecule has 5 nitrogen and oxygen atoms in total. The van der Waals surface area contributed by atoms with Crippen LogP contribution < -0.4 is 4.74 Å². The molecule has 1 aromatic rings. The fourth-order valence-corrected chi connectivity index (χ4v) is 1.34. The summed E-state index contributed by atoms with van der Waals surface area (Å²) in [5.74, 6) is -0.553. The lowest BCUT2D eigenvalue weighted by molar-refractivity contribution is -0.388. The summed E-state index contributed by atoms with van der Waals surface area (Å²) in [5, 5.41) is 10.7. The SMILES string of the molecule is CC(Oc1cccc([N+](=O)[O-])c1C(F)(F)F)N(C)C. The van der Waals surface area contributed by atoms with Gasteiger partial charge < -0.3 is 4.74 Å². The second-order valence-electron chi connectivity index (χ2n) is 4.09. The van der Waals surface area contributed by atoms with Crippen molar-refractivity contribution >= 4 is 5.69 Å². The minimum Gasteiger partial charge on any atom is -0.475 e. The molecule has 19 heavy (non-hydrogen) atoms. The van der Waals surface area contributed by atoms with E-state index >= 15 is 0 Å². The van der Waals surface area contributed by atoms with E-state index in [0.29, 0.717) is 0 Å². The first kappa shape index (κ1) is 15.2. The van der Waals surface area contributed by atoms with Crippen molar-refractivity contribution in [3.63, 3.8) is 0 Å². The van der Waals surface area contributed by atoms with E-state index in [0.717, 1.165) is 18.2 Å². The molecule has 0 saturated carbocycles. The molecule has 0 aliphatic heterocycles. The van der Waals surface area contributed by atoms with Crippen molar-refractivity contribution < 1.29 is 22.8 Å². The Labute approximate surface area is 107 Å². The standard InChI is InChI=1S/C11H13F3N2O3/c1-7(15(2)3)19-9-6-4-5-8(16(17)18)10(9)11(12,13)14/h4-7H,1-3H3. The third-order valence-corrected chi connectivity index (χ3v) is 2.51. The predicted molar refractivity (Wildman–Crippen MR) is 61.9 cm³/mol. The highest BCUT2D eigenvalue weighted by Crippen LogP contribution is 2.42. The molecule has 0 saturated heterocycles. The fraction of sp³-hybridized carbons (Fsp3) is 0.455. The molecule has 0 N–H and O–H groups in total. The van der Waals surface area contributed by atoms with Gasteiger partial charge in [0.15, 0.2) is 5.56 Å². The van der Waals surface area contributed by atoms with E-state index < -0.39 is 34.3 Å².